The fourth-order valence-corrected chi connectivity index (χ4v) is 4.44. The van der Waals surface area contributed by atoms with E-state index < -0.39 is 16.1 Å². The molecule has 2 atom stereocenters. The molecule has 2 unspecified atom stereocenters. The van der Waals surface area contributed by atoms with Crippen molar-refractivity contribution in [1.29, 1.82) is 0 Å². The Bertz CT molecular complexity index is 899. The summed E-state index contributed by atoms with van der Waals surface area (Å²) >= 11 is 0. The first-order chi connectivity index (χ1) is 12.9. The van der Waals surface area contributed by atoms with Crippen LogP contribution in [0.3, 0.4) is 0 Å². The number of sulfonamides is 1. The molecule has 1 aliphatic heterocycles. The van der Waals surface area contributed by atoms with Crippen LogP contribution in [0.5, 0.6) is 0 Å². The molecule has 0 radical (unpaired) electrons. The molecule has 27 heavy (non-hydrogen) atoms. The summed E-state index contributed by atoms with van der Waals surface area (Å²) in [6, 6.07) is 17.5. The predicted octanol–water partition coefficient (Wildman–Crippen LogP) is 2.65. The van der Waals surface area contributed by atoms with Crippen LogP contribution < -0.4 is 4.72 Å². The monoisotopic (exact) mass is 388 g/mol. The van der Waals surface area contributed by atoms with E-state index >= 15 is 0 Å². The lowest BCUT2D eigenvalue weighted by molar-refractivity contribution is 0.117. The number of amides is 1. The number of nitrogens with zero attached hydrogens (tertiary/aromatic N) is 1. The third kappa shape index (κ3) is 4.87. The van der Waals surface area contributed by atoms with E-state index in [4.69, 9.17) is 4.74 Å². The Balaban J connectivity index is 1.86. The van der Waals surface area contributed by atoms with Gasteiger partial charge in [0.05, 0.1) is 19.4 Å². The highest BCUT2D eigenvalue weighted by Crippen LogP contribution is 2.26. The molecule has 0 spiro atoms. The molecule has 0 bridgehead atoms. The van der Waals surface area contributed by atoms with Crippen LogP contribution in [-0.2, 0) is 21.2 Å². The Kier molecular flexibility index (Phi) is 5.82. The average Bonchev–Trinajstić information content (AvgIpc) is 3.02. The van der Waals surface area contributed by atoms with E-state index in [9.17, 15) is 13.2 Å². The number of benzene rings is 2. The van der Waals surface area contributed by atoms with Crippen molar-refractivity contribution in [2.75, 3.05) is 19.9 Å². The summed E-state index contributed by atoms with van der Waals surface area (Å²) in [4.78, 5) is 13.7. The first-order valence-electron chi connectivity index (χ1n) is 8.83. The molecular formula is C20H24N2O4S. The van der Waals surface area contributed by atoms with E-state index in [-0.39, 0.29) is 12.1 Å². The van der Waals surface area contributed by atoms with Crippen LogP contribution >= 0.6 is 0 Å². The molecule has 0 saturated carbocycles. The zero-order chi connectivity index (χ0) is 19.4. The second-order valence-corrected chi connectivity index (χ2v) is 8.57. The molecule has 1 fully saturated rings. The summed E-state index contributed by atoms with van der Waals surface area (Å²) in [5, 5.41) is 0. The van der Waals surface area contributed by atoms with E-state index in [1.165, 1.54) is 7.11 Å². The number of hydrogen-bond acceptors (Lipinski definition) is 4. The zero-order valence-corrected chi connectivity index (χ0v) is 16.3. The summed E-state index contributed by atoms with van der Waals surface area (Å²) in [5.41, 5.74) is 3.24. The normalized spacial score (nSPS) is 19.9. The number of hydrogen-bond donors (Lipinski definition) is 1. The van der Waals surface area contributed by atoms with E-state index in [1.54, 1.807) is 4.90 Å². The topological polar surface area (TPSA) is 75.7 Å². The van der Waals surface area contributed by atoms with Gasteiger partial charge in [-0.2, -0.15) is 0 Å². The molecule has 7 heteroatoms. The lowest BCUT2D eigenvalue weighted by Gasteiger charge is -2.27. The first kappa shape index (κ1) is 19.4. The highest BCUT2D eigenvalue weighted by molar-refractivity contribution is 7.88. The Morgan fingerprint density at radius 2 is 1.85 bits per heavy atom. The van der Waals surface area contributed by atoms with Gasteiger partial charge >= 0.3 is 6.09 Å². The van der Waals surface area contributed by atoms with Crippen LogP contribution in [0.25, 0.3) is 11.1 Å². The molecular weight excluding hydrogens is 364 g/mol. The average molecular weight is 388 g/mol. The number of nitrogens with one attached hydrogen (secondary N) is 1. The lowest BCUT2D eigenvalue weighted by Crippen LogP contribution is -2.47. The summed E-state index contributed by atoms with van der Waals surface area (Å²) in [6.07, 6.45) is 1.81. The van der Waals surface area contributed by atoms with Gasteiger partial charge in [-0.1, -0.05) is 54.6 Å². The third-order valence-electron chi connectivity index (χ3n) is 4.80. The number of methoxy groups -OCH3 is 1. The Hall–Kier alpha value is -2.38. The van der Waals surface area contributed by atoms with Gasteiger partial charge < -0.3 is 9.64 Å². The minimum Gasteiger partial charge on any atom is -0.453 e. The fourth-order valence-electron chi connectivity index (χ4n) is 3.61. The summed E-state index contributed by atoms with van der Waals surface area (Å²) in [7, 11) is -2.03. The number of rotatable bonds is 5. The van der Waals surface area contributed by atoms with Crippen molar-refractivity contribution in [2.45, 2.75) is 24.9 Å². The molecule has 2 aromatic carbocycles. The molecule has 1 amide bonds. The third-order valence-corrected chi connectivity index (χ3v) is 5.53. The minimum atomic E-state index is -3.37. The van der Waals surface area contributed by atoms with Crippen LogP contribution in [0, 0.1) is 0 Å². The van der Waals surface area contributed by atoms with Gasteiger partial charge in [0.25, 0.3) is 0 Å². The first-order valence-corrected chi connectivity index (χ1v) is 10.7. The molecule has 2 aromatic rings. The van der Waals surface area contributed by atoms with Crippen LogP contribution in [0.2, 0.25) is 0 Å². The van der Waals surface area contributed by atoms with Crippen LogP contribution in [-0.4, -0.2) is 51.4 Å². The number of carbonyl (C=O) groups is 1. The van der Waals surface area contributed by atoms with Crippen LogP contribution in [0.4, 0.5) is 4.79 Å². The molecule has 1 aliphatic rings. The highest BCUT2D eigenvalue weighted by Gasteiger charge is 2.39. The quantitative estimate of drug-likeness (QED) is 0.854. The summed E-state index contributed by atoms with van der Waals surface area (Å²) in [6.45, 7) is 0.461. The Morgan fingerprint density at radius 1 is 1.15 bits per heavy atom. The Labute approximate surface area is 160 Å². The van der Waals surface area contributed by atoms with Gasteiger partial charge in [0, 0.05) is 12.6 Å². The summed E-state index contributed by atoms with van der Waals surface area (Å²) < 4.78 is 31.0. The van der Waals surface area contributed by atoms with Crippen molar-refractivity contribution in [1.82, 2.24) is 9.62 Å². The molecule has 1 N–H and O–H groups in total. The van der Waals surface area contributed by atoms with Gasteiger partial charge in [0.2, 0.25) is 10.0 Å². The van der Waals surface area contributed by atoms with Gasteiger partial charge in [-0.3, -0.25) is 0 Å². The van der Waals surface area contributed by atoms with Crippen LogP contribution in [0.1, 0.15) is 12.0 Å². The van der Waals surface area contributed by atoms with Gasteiger partial charge in [-0.05, 0) is 29.5 Å². The predicted molar refractivity (Wildman–Crippen MR) is 105 cm³/mol. The molecule has 0 aromatic heterocycles. The largest absolute Gasteiger partial charge is 0.453 e. The number of ether oxygens (including phenoxy) is 1. The van der Waals surface area contributed by atoms with Gasteiger partial charge in [-0.15, -0.1) is 0 Å². The molecule has 144 valence electrons. The van der Waals surface area contributed by atoms with Gasteiger partial charge in [0.15, 0.2) is 0 Å². The van der Waals surface area contributed by atoms with E-state index in [1.807, 2.05) is 48.5 Å². The highest BCUT2D eigenvalue weighted by atomic mass is 32.2. The van der Waals surface area contributed by atoms with E-state index in [0.717, 1.165) is 22.9 Å². The van der Waals surface area contributed by atoms with Crippen molar-refractivity contribution in [3.63, 3.8) is 0 Å². The maximum Gasteiger partial charge on any atom is 0.409 e. The number of likely N-dealkylation sites (tertiary alicyclic amines) is 1. The van der Waals surface area contributed by atoms with E-state index in [0.29, 0.717) is 19.4 Å². The van der Waals surface area contributed by atoms with Crippen molar-refractivity contribution in [3.8, 4) is 11.1 Å². The number of carbonyl (C=O) groups excluding carboxylic acids is 1. The Morgan fingerprint density at radius 3 is 2.52 bits per heavy atom. The maximum absolute atomic E-state index is 12.1. The minimum absolute atomic E-state index is 0.293. The van der Waals surface area contributed by atoms with Crippen molar-refractivity contribution in [2.24, 2.45) is 0 Å². The van der Waals surface area contributed by atoms with Crippen molar-refractivity contribution >= 4 is 16.1 Å². The lowest BCUT2D eigenvalue weighted by atomic mass is 9.97. The molecule has 1 heterocycles. The second kappa shape index (κ2) is 8.10. The SMILES string of the molecule is COC(=O)N1CCC(NS(C)(=O)=O)C1Cc1cccc(-c2ccccc2)c1. The van der Waals surface area contributed by atoms with Gasteiger partial charge in [0.1, 0.15) is 0 Å². The zero-order valence-electron chi connectivity index (χ0n) is 15.5. The molecule has 6 nitrogen and oxygen atoms in total. The summed E-state index contributed by atoms with van der Waals surface area (Å²) in [5.74, 6) is 0. The fraction of sp³-hybridized carbons (Fsp3) is 0.350. The van der Waals surface area contributed by atoms with Crippen molar-refractivity contribution < 1.29 is 17.9 Å². The molecule has 0 aliphatic carbocycles. The van der Waals surface area contributed by atoms with Gasteiger partial charge in [-0.25, -0.2) is 17.9 Å². The van der Waals surface area contributed by atoms with Crippen molar-refractivity contribution in [3.05, 3.63) is 60.2 Å². The molecule has 1 saturated heterocycles. The second-order valence-electron chi connectivity index (χ2n) is 6.79. The van der Waals surface area contributed by atoms with Crippen LogP contribution in [0.15, 0.2) is 54.6 Å². The maximum atomic E-state index is 12.1. The smallest absolute Gasteiger partial charge is 0.409 e. The molecule has 3 rings (SSSR count). The standard InChI is InChI=1S/C20H24N2O4S/c1-26-20(23)22-12-11-18(21-27(2,24)25)19(22)14-15-7-6-10-17(13-15)16-8-4-3-5-9-16/h3-10,13,18-19,21H,11-12,14H2,1-2H3. The van der Waals surface area contributed by atoms with E-state index in [2.05, 4.69) is 10.8 Å².